The van der Waals surface area contributed by atoms with E-state index >= 15 is 0 Å². The van der Waals surface area contributed by atoms with Gasteiger partial charge in [-0.25, -0.2) is 0 Å². The predicted octanol–water partition coefficient (Wildman–Crippen LogP) is 43.9. The zero-order valence-electron chi connectivity index (χ0n) is 90.4. The van der Waals surface area contributed by atoms with Crippen molar-refractivity contribution in [1.82, 2.24) is 0 Å². The molecule has 20 aliphatic carbocycles. The van der Waals surface area contributed by atoms with Crippen molar-refractivity contribution in [1.29, 1.82) is 0 Å². The van der Waals surface area contributed by atoms with Crippen LogP contribution in [0.5, 0.6) is 0 Å². The minimum atomic E-state index is -0.826. The van der Waals surface area contributed by atoms with E-state index in [1.807, 2.05) is 0 Å². The molecule has 12 fully saturated rings. The number of fused-ring (bicyclic) bond motifs is 12. The molecule has 0 aromatic heterocycles. The van der Waals surface area contributed by atoms with Crippen LogP contribution in [0, 0.1) is 258 Å². The molecule has 0 saturated heterocycles. The molecule has 20 aliphatic rings. The molecule has 26 unspecified atom stereocenters. The van der Waals surface area contributed by atoms with E-state index in [2.05, 4.69) is 276 Å². The molecule has 26 atom stereocenters. The van der Waals surface area contributed by atoms with Gasteiger partial charge in [-0.05, 0) is 377 Å². The fourth-order valence-corrected chi connectivity index (χ4v) is 34.1. The first-order chi connectivity index (χ1) is 64.0. The van der Waals surface area contributed by atoms with Crippen LogP contribution in [-0.2, 0) is 83.4 Å². The van der Waals surface area contributed by atoms with Crippen molar-refractivity contribution in [3.63, 3.8) is 0 Å². The fraction of sp³-hybridized carbons (Fsp3) is 0.631. The molecule has 142 heavy (non-hydrogen) atoms. The third-order valence-corrected chi connectivity index (χ3v) is 39.1. The summed E-state index contributed by atoms with van der Waals surface area (Å²) in [6.45, 7) is 35.0. The second kappa shape index (κ2) is 65.6. The van der Waals surface area contributed by atoms with Crippen molar-refractivity contribution in [3.05, 3.63) is 302 Å². The number of hydrogen-bond donors (Lipinski definition) is 0. The van der Waals surface area contributed by atoms with Crippen molar-refractivity contribution >= 4 is 68.1 Å². The molecule has 0 aromatic rings. The number of rotatable bonds is 20. The summed E-state index contributed by atoms with van der Waals surface area (Å²) in [4.78, 5) is 0. The van der Waals surface area contributed by atoms with Crippen LogP contribution in [0.2, 0.25) is 0 Å². The molecule has 0 aliphatic heterocycles. The van der Waals surface area contributed by atoms with E-state index in [4.69, 9.17) is 68.1 Å². The Morgan fingerprint density at radius 1 is 0.268 bits per heavy atom. The quantitative estimate of drug-likeness (QED) is 0.0842. The zero-order valence-corrected chi connectivity index (χ0v) is 106. The van der Waals surface area contributed by atoms with Crippen molar-refractivity contribution < 1.29 is 83.4 Å². The fourth-order valence-electron chi connectivity index (χ4n) is 34.1. The molecule has 12 heteroatoms. The van der Waals surface area contributed by atoms with Crippen molar-refractivity contribution in [2.75, 3.05) is 0 Å². The second-order valence-corrected chi connectivity index (χ2v) is 62.1. The zero-order chi connectivity index (χ0) is 93.8. The Bertz CT molecular complexity index is 4150. The van der Waals surface area contributed by atoms with Gasteiger partial charge >= 0.3 is 151 Å². The van der Waals surface area contributed by atoms with Gasteiger partial charge in [0.05, 0.1) is 0 Å². The third kappa shape index (κ3) is 31.6. The number of allylic oxidation sites excluding steroid dienone is 36. The van der Waals surface area contributed by atoms with Gasteiger partial charge in [0.25, 0.3) is 0 Å². The Morgan fingerprint density at radius 2 is 0.451 bits per heavy atom. The average Bonchev–Trinajstić information content (AvgIpc) is 1.08. The van der Waals surface area contributed by atoms with E-state index in [1.165, 1.54) is 255 Å². The number of halogens is 8. The molecule has 0 nitrogen and oxygen atoms in total. The van der Waals surface area contributed by atoms with E-state index in [9.17, 15) is 0 Å². The van der Waals surface area contributed by atoms with Crippen molar-refractivity contribution in [2.45, 2.75) is 314 Å². The Morgan fingerprint density at radius 3 is 0.662 bits per heavy atom. The summed E-state index contributed by atoms with van der Waals surface area (Å²) in [6.07, 6.45) is 134. The molecular formula is C130H200Cl8Zr4. The van der Waals surface area contributed by atoms with Crippen LogP contribution < -0.4 is 0 Å². The maximum absolute atomic E-state index is 4.93. The van der Waals surface area contributed by atoms with E-state index in [0.29, 0.717) is 45.3 Å². The van der Waals surface area contributed by atoms with E-state index < -0.39 is 83.4 Å². The molecule has 0 heterocycles. The predicted molar refractivity (Wildman–Crippen MR) is 628 cm³/mol. The number of hydrogen-bond acceptors (Lipinski definition) is 0. The van der Waals surface area contributed by atoms with Crippen molar-refractivity contribution in [2.24, 2.45) is 198 Å². The Labute approximate surface area is 955 Å². The molecule has 0 N–H and O–H groups in total. The van der Waals surface area contributed by atoms with E-state index in [0.717, 1.165) is 142 Å². The Balaban J connectivity index is 0.000000459. The summed E-state index contributed by atoms with van der Waals surface area (Å²) >= 11 is -3.30. The molecule has 0 radical (unpaired) electrons. The summed E-state index contributed by atoms with van der Waals surface area (Å²) in [5.41, 5.74) is 8.97. The summed E-state index contributed by atoms with van der Waals surface area (Å²) in [7, 11) is 39.5. The second-order valence-electron chi connectivity index (χ2n) is 47.1. The monoisotopic (exact) mass is 2400 g/mol. The molecule has 0 aromatic carbocycles. The summed E-state index contributed by atoms with van der Waals surface area (Å²) in [5.74, 6) is 22.7. The van der Waals surface area contributed by atoms with Gasteiger partial charge in [0.1, 0.15) is 0 Å². The van der Waals surface area contributed by atoms with Crippen LogP contribution in [0.15, 0.2) is 243 Å². The standard InChI is InChI=1S/C33H48.C32H46.C28H38.C27H36.2CH4.8CH3.8ClH.4Zr/c1-6-7-11-24-13-14-26(21-24)33(18-9-8-10-19-33)31-29-20-23(2)12-16-27(29)28-17-15-25(22-30(28)31)32(3,4)5;1-6-7-10-23-12-13-25(20-23)32(17-8-9-18-32)30-28-19-22(2)11-15-26(28)27-16-14-24(21-29(27)30)31(3,4)5;1-2-3-11-21-16-17-22(20-21)28(18-9-4-10-19-28)27-25-14-7-5-12-23(25)24-13-6-8-15-26(24)27;1-2-3-10-20-15-16-21(19-20)27(17-8-9-18-27)26-24-13-6-4-11-22(24)23-12-5-7-14-25(23)26;;;;;;;;;;;;;;;;;;;;;;/h6,12,15-17,20,22,24,26-31H,1,7-11,13-14,18-19,21H2,2-5H3;6,11,14-16,19,21,23,25-30H,1,7-10,12-13,17-18,20H2,2-5H3;2,5-8,12-15,21-27H,1,3-4,9-11,16-20H2;2,4-7,11-14,20-26H,1,3,8-10,15-19H2;2*1H4;8*1H3;8*1H;;;;/q;;;;;;8*-1;;;;;;;;;4*+4/p-8. The van der Waals surface area contributed by atoms with Crippen LogP contribution in [0.3, 0.4) is 0 Å². The molecular weight excluding hydrogens is 2210 g/mol. The first kappa shape index (κ1) is 137. The maximum atomic E-state index is 4.93. The minimum absolute atomic E-state index is 0. The summed E-state index contributed by atoms with van der Waals surface area (Å²) < 4.78 is 0. The van der Waals surface area contributed by atoms with Crippen molar-refractivity contribution in [3.8, 4) is 0 Å². The van der Waals surface area contributed by atoms with Gasteiger partial charge in [0, 0.05) is 0 Å². The van der Waals surface area contributed by atoms with Crippen LogP contribution in [0.4, 0.5) is 0 Å². The Hall–Kier alpha value is 0.652. The average molecular weight is 2410 g/mol. The third-order valence-electron chi connectivity index (χ3n) is 39.1. The van der Waals surface area contributed by atoms with Crippen LogP contribution in [0.1, 0.15) is 314 Å². The first-order valence-corrected chi connectivity index (χ1v) is 78.5. The van der Waals surface area contributed by atoms with Gasteiger partial charge in [-0.1, -0.05) is 352 Å². The Kier molecular flexibility index (Phi) is 63.2. The molecule has 792 valence electrons. The van der Waals surface area contributed by atoms with E-state index in [-0.39, 0.29) is 85.1 Å². The van der Waals surface area contributed by atoms with Gasteiger partial charge < -0.3 is 59.4 Å². The molecule has 0 spiro atoms. The first-order valence-electron chi connectivity index (χ1n) is 53.2. The normalized spacial score (nSPS) is 35.3. The topological polar surface area (TPSA) is 0 Å². The van der Waals surface area contributed by atoms with Gasteiger partial charge in [-0.2, -0.15) is 0 Å². The van der Waals surface area contributed by atoms with Crippen LogP contribution in [0.25, 0.3) is 0 Å². The summed E-state index contributed by atoms with van der Waals surface area (Å²) in [6, 6.07) is 0. The van der Waals surface area contributed by atoms with E-state index in [1.54, 1.807) is 11.1 Å². The molecule has 0 amide bonds. The van der Waals surface area contributed by atoms with Gasteiger partial charge in [-0.15, -0.1) is 26.3 Å². The SMILES string of the molecule is C.C.C=CCCC1CCC(C2(C3C4C=C(C)C=CC4C4C=CC(C(C)(C)C)=CC43)CCCC2)C1.C=CCCC1CCC(C2(C3C4C=C(C)C=CC4C4C=CC(C(C)(C)C)=CC43)CCCCC2)C1.C=CCCC1CCC(C2(C3C4C=CC=CC4C4C=CC=CC43)CCCC2)C1.C=CCCC1CCC(C2(C3C4C=CC=CC4C4C=CC=CC43)CCCCC2)C1.[CH3-].[CH3-].[CH3-].[CH3-].[CH3-].[CH3-].[CH3-].[CH3-].[Cl][Zr+2][Cl].[Cl][Zr+2][Cl].[Cl][Zr+2][Cl].[Cl][Zr+2][Cl]. The van der Waals surface area contributed by atoms with Gasteiger partial charge in [0.15, 0.2) is 0 Å². The molecule has 12 saturated carbocycles. The van der Waals surface area contributed by atoms with Crippen LogP contribution >= 0.6 is 68.1 Å². The van der Waals surface area contributed by atoms with Gasteiger partial charge in [-0.3, -0.25) is 0 Å². The molecule has 0 bridgehead atoms. The van der Waals surface area contributed by atoms with Gasteiger partial charge in [0.2, 0.25) is 0 Å². The summed E-state index contributed by atoms with van der Waals surface area (Å²) in [5, 5.41) is 0. The molecule has 20 rings (SSSR count). The van der Waals surface area contributed by atoms with Crippen LogP contribution in [-0.4, -0.2) is 0 Å².